The summed E-state index contributed by atoms with van der Waals surface area (Å²) in [6.45, 7) is 7.28. The van der Waals surface area contributed by atoms with Crippen molar-refractivity contribution < 1.29 is 28.5 Å². The maximum atomic E-state index is 13.5. The number of esters is 1. The number of carbonyl (C=O) groups excluding carboxylic acids is 2. The third-order valence-corrected chi connectivity index (χ3v) is 5.80. The molecule has 1 aliphatic heterocycles. The van der Waals surface area contributed by atoms with Crippen LogP contribution in [0.15, 0.2) is 23.6 Å². The number of benzene rings is 1. The van der Waals surface area contributed by atoms with Crippen molar-refractivity contribution in [1.29, 1.82) is 0 Å². The molecule has 1 aromatic carbocycles. The first-order valence-corrected chi connectivity index (χ1v) is 10.9. The van der Waals surface area contributed by atoms with Gasteiger partial charge in [0.1, 0.15) is 0 Å². The normalized spacial score (nSPS) is 15.3. The highest BCUT2D eigenvalue weighted by atomic mass is 32.1. The molecule has 7 nitrogen and oxygen atoms in total. The van der Waals surface area contributed by atoms with Crippen LogP contribution >= 0.6 is 11.3 Å². The summed E-state index contributed by atoms with van der Waals surface area (Å²) in [7, 11) is 1.34. The lowest BCUT2D eigenvalue weighted by molar-refractivity contribution is -0.146. The van der Waals surface area contributed by atoms with E-state index in [2.05, 4.69) is 0 Å². The monoisotopic (exact) mass is 433 g/mol. The maximum absolute atomic E-state index is 13.5. The highest BCUT2D eigenvalue weighted by molar-refractivity contribution is 7.10. The van der Waals surface area contributed by atoms with Gasteiger partial charge in [0.25, 0.3) is 5.91 Å². The molecule has 3 rings (SSSR count). The van der Waals surface area contributed by atoms with Crippen LogP contribution in [0.4, 0.5) is 0 Å². The Bertz CT molecular complexity index is 882. The second-order valence-corrected chi connectivity index (χ2v) is 7.57. The standard InChI is InChI=1S/C22H27NO6S/c1-5-27-16-12-14(13-17(28-6-2)20(16)29-7-3)21(24)23-10-8-18-15(9-11-30-18)19(23)22(25)26-4/h9,11-13,19H,5-8,10H2,1-4H3. The van der Waals surface area contributed by atoms with Gasteiger partial charge in [-0.2, -0.15) is 0 Å². The molecule has 0 aliphatic carbocycles. The summed E-state index contributed by atoms with van der Waals surface area (Å²) in [5, 5.41) is 1.94. The minimum absolute atomic E-state index is 0.285. The molecule has 0 N–H and O–H groups in total. The molecule has 0 fully saturated rings. The smallest absolute Gasteiger partial charge is 0.333 e. The first kappa shape index (κ1) is 22.0. The van der Waals surface area contributed by atoms with Crippen molar-refractivity contribution in [2.24, 2.45) is 0 Å². The molecule has 30 heavy (non-hydrogen) atoms. The van der Waals surface area contributed by atoms with Crippen molar-refractivity contribution in [3.05, 3.63) is 39.6 Å². The molecule has 0 saturated heterocycles. The molecule has 8 heteroatoms. The summed E-state index contributed by atoms with van der Waals surface area (Å²) in [4.78, 5) is 28.7. The number of fused-ring (bicyclic) bond motifs is 1. The zero-order valence-electron chi connectivity index (χ0n) is 17.7. The molecular weight excluding hydrogens is 406 g/mol. The second kappa shape index (κ2) is 9.84. The lowest BCUT2D eigenvalue weighted by Crippen LogP contribution is -2.43. The molecule has 0 radical (unpaired) electrons. The third-order valence-electron chi connectivity index (χ3n) is 4.81. The van der Waals surface area contributed by atoms with E-state index in [1.807, 2.05) is 32.2 Å². The van der Waals surface area contributed by atoms with E-state index in [1.165, 1.54) is 7.11 Å². The Labute approximate surface area is 180 Å². The largest absolute Gasteiger partial charge is 0.490 e. The van der Waals surface area contributed by atoms with Crippen LogP contribution in [0.25, 0.3) is 0 Å². The Morgan fingerprint density at radius 2 is 1.70 bits per heavy atom. The van der Waals surface area contributed by atoms with E-state index in [-0.39, 0.29) is 5.91 Å². The van der Waals surface area contributed by atoms with Crippen LogP contribution in [-0.2, 0) is 16.0 Å². The number of hydrogen-bond donors (Lipinski definition) is 0. The number of amides is 1. The minimum atomic E-state index is -0.768. The number of rotatable bonds is 8. The molecule has 1 aliphatic rings. The van der Waals surface area contributed by atoms with E-state index in [9.17, 15) is 9.59 Å². The van der Waals surface area contributed by atoms with Crippen molar-refractivity contribution in [2.45, 2.75) is 33.2 Å². The van der Waals surface area contributed by atoms with Gasteiger partial charge in [-0.15, -0.1) is 11.3 Å². The van der Waals surface area contributed by atoms with Crippen LogP contribution in [-0.4, -0.2) is 50.3 Å². The van der Waals surface area contributed by atoms with Gasteiger partial charge in [-0.05, 0) is 56.3 Å². The summed E-state index contributed by atoms with van der Waals surface area (Å²) in [6, 6.07) is 4.42. The summed E-state index contributed by atoms with van der Waals surface area (Å²) >= 11 is 1.59. The topological polar surface area (TPSA) is 74.3 Å². The van der Waals surface area contributed by atoms with Crippen molar-refractivity contribution >= 4 is 23.2 Å². The van der Waals surface area contributed by atoms with Gasteiger partial charge < -0.3 is 23.8 Å². The van der Waals surface area contributed by atoms with Gasteiger partial charge in [0.2, 0.25) is 5.75 Å². The van der Waals surface area contributed by atoms with Crippen LogP contribution < -0.4 is 14.2 Å². The first-order valence-electron chi connectivity index (χ1n) is 10.1. The SMILES string of the molecule is CCOc1cc(C(=O)N2CCc3sccc3C2C(=O)OC)cc(OCC)c1OCC. The van der Waals surface area contributed by atoms with Gasteiger partial charge in [0, 0.05) is 17.0 Å². The van der Waals surface area contributed by atoms with Gasteiger partial charge >= 0.3 is 5.97 Å². The predicted octanol–water partition coefficient (Wildman–Crippen LogP) is 3.86. The van der Waals surface area contributed by atoms with Crippen molar-refractivity contribution in [3.63, 3.8) is 0 Å². The average Bonchev–Trinajstić information content (AvgIpc) is 3.23. The fraction of sp³-hybridized carbons (Fsp3) is 0.455. The Morgan fingerprint density at radius 3 is 2.27 bits per heavy atom. The number of hydrogen-bond acceptors (Lipinski definition) is 7. The Morgan fingerprint density at radius 1 is 1.07 bits per heavy atom. The summed E-state index contributed by atoms with van der Waals surface area (Å²) in [6.07, 6.45) is 0.694. The molecule has 1 atom stereocenters. The average molecular weight is 434 g/mol. The van der Waals surface area contributed by atoms with E-state index in [1.54, 1.807) is 28.4 Å². The van der Waals surface area contributed by atoms with Crippen molar-refractivity contribution in [1.82, 2.24) is 4.90 Å². The van der Waals surface area contributed by atoms with Gasteiger partial charge in [-0.3, -0.25) is 4.79 Å². The van der Waals surface area contributed by atoms with E-state index in [0.29, 0.717) is 55.6 Å². The number of methoxy groups -OCH3 is 1. The van der Waals surface area contributed by atoms with Gasteiger partial charge in [0.15, 0.2) is 17.5 Å². The minimum Gasteiger partial charge on any atom is -0.490 e. The molecule has 0 bridgehead atoms. The predicted molar refractivity (Wildman–Crippen MR) is 114 cm³/mol. The van der Waals surface area contributed by atoms with E-state index in [4.69, 9.17) is 18.9 Å². The Kier molecular flexibility index (Phi) is 7.20. The first-order chi connectivity index (χ1) is 14.5. The van der Waals surface area contributed by atoms with Crippen LogP contribution in [0, 0.1) is 0 Å². The quantitative estimate of drug-likeness (QED) is 0.589. The van der Waals surface area contributed by atoms with Gasteiger partial charge in [0.05, 0.1) is 26.9 Å². The lowest BCUT2D eigenvalue weighted by atomic mass is 9.98. The molecule has 0 spiro atoms. The van der Waals surface area contributed by atoms with Crippen LogP contribution in [0.5, 0.6) is 17.2 Å². The molecule has 1 unspecified atom stereocenters. The van der Waals surface area contributed by atoms with Crippen LogP contribution in [0.2, 0.25) is 0 Å². The van der Waals surface area contributed by atoms with Gasteiger partial charge in [-0.1, -0.05) is 0 Å². The molecule has 162 valence electrons. The summed E-state index contributed by atoms with van der Waals surface area (Å²) < 4.78 is 22.2. The third kappa shape index (κ3) is 4.23. The second-order valence-electron chi connectivity index (χ2n) is 6.57. The molecule has 2 heterocycles. The fourth-order valence-electron chi connectivity index (χ4n) is 3.58. The van der Waals surface area contributed by atoms with Crippen LogP contribution in [0.1, 0.15) is 47.6 Å². The maximum Gasteiger partial charge on any atom is 0.333 e. The Hall–Kier alpha value is -2.74. The van der Waals surface area contributed by atoms with E-state index >= 15 is 0 Å². The van der Waals surface area contributed by atoms with Crippen LogP contribution in [0.3, 0.4) is 0 Å². The number of thiophene rings is 1. The summed E-state index contributed by atoms with van der Waals surface area (Å²) in [5.41, 5.74) is 1.20. The highest BCUT2D eigenvalue weighted by Crippen LogP contribution is 2.41. The number of ether oxygens (including phenoxy) is 4. The zero-order chi connectivity index (χ0) is 21.7. The molecule has 1 aromatic heterocycles. The van der Waals surface area contributed by atoms with E-state index in [0.717, 1.165) is 10.4 Å². The van der Waals surface area contributed by atoms with Gasteiger partial charge in [-0.25, -0.2) is 4.79 Å². The molecular formula is C22H27NO6S. The molecule has 0 saturated carbocycles. The molecule has 2 aromatic rings. The fourth-order valence-corrected chi connectivity index (χ4v) is 4.48. The van der Waals surface area contributed by atoms with Crippen molar-refractivity contribution in [2.75, 3.05) is 33.5 Å². The zero-order valence-corrected chi connectivity index (χ0v) is 18.5. The number of carbonyl (C=O) groups is 2. The van der Waals surface area contributed by atoms with E-state index < -0.39 is 12.0 Å². The summed E-state index contributed by atoms with van der Waals surface area (Å²) in [5.74, 6) is 0.616. The van der Waals surface area contributed by atoms with Crippen molar-refractivity contribution in [3.8, 4) is 17.2 Å². The highest BCUT2D eigenvalue weighted by Gasteiger charge is 2.38. The lowest BCUT2D eigenvalue weighted by Gasteiger charge is -2.34. The number of nitrogens with zero attached hydrogens (tertiary/aromatic N) is 1. The Balaban J connectivity index is 2.03. The molecule has 1 amide bonds.